The van der Waals surface area contributed by atoms with Crippen LogP contribution in [0.4, 0.5) is 0 Å². The van der Waals surface area contributed by atoms with Crippen LogP contribution in [-0.2, 0) is 19.5 Å². The Morgan fingerprint density at radius 2 is 1.25 bits per heavy atom. The molecule has 0 aromatic carbocycles. The molecule has 0 aliphatic carbocycles. The molecule has 0 saturated carbocycles. The summed E-state index contributed by atoms with van der Waals surface area (Å²) in [7, 11) is 0. The van der Waals surface area contributed by atoms with Crippen LogP contribution in [0.1, 0.15) is 0 Å². The van der Waals surface area contributed by atoms with Crippen molar-refractivity contribution in [1.29, 1.82) is 0 Å². The van der Waals surface area contributed by atoms with Gasteiger partial charge in [0.25, 0.3) is 0 Å². The van der Waals surface area contributed by atoms with E-state index in [1.807, 2.05) is 0 Å². The van der Waals surface area contributed by atoms with Crippen molar-refractivity contribution in [3.8, 4) is 0 Å². The van der Waals surface area contributed by atoms with E-state index >= 15 is 0 Å². The Hall–Kier alpha value is 1.03. The standard InChI is InChI=1S/Co.Mg.H2O.O.H/h;;1H2;;/q;+1;;;/p-1. The molecule has 0 aliphatic rings. The second-order valence-corrected chi connectivity index (χ2v) is 0. The molecule has 0 aliphatic heterocycles. The number of rotatable bonds is 0. The van der Waals surface area contributed by atoms with E-state index in [9.17, 15) is 0 Å². The van der Waals surface area contributed by atoms with Crippen LogP contribution < -0.4 is 0 Å². The normalized spacial score (nSPS) is 1.25. The molecular weight excluding hydrogens is 115 g/mol. The Labute approximate surface area is 48.2 Å². The van der Waals surface area contributed by atoms with Crippen molar-refractivity contribution in [2.24, 2.45) is 0 Å². The zero-order valence-corrected chi connectivity index (χ0v) is 5.23. The van der Waals surface area contributed by atoms with Crippen molar-refractivity contribution in [2.45, 2.75) is 0 Å². The summed E-state index contributed by atoms with van der Waals surface area (Å²) < 4.78 is 7.94. The SMILES string of the molecule is [MgH+].[OH-].[O]=[Co]. The van der Waals surface area contributed by atoms with E-state index in [-0.39, 0.29) is 28.5 Å². The summed E-state index contributed by atoms with van der Waals surface area (Å²) in [5.74, 6) is 0. The van der Waals surface area contributed by atoms with Crippen molar-refractivity contribution in [1.82, 2.24) is 0 Å². The van der Waals surface area contributed by atoms with Gasteiger partial charge >= 0.3 is 42.6 Å². The third kappa shape index (κ3) is 11.7. The molecule has 25 valence electrons. The zero-order chi connectivity index (χ0) is 2.00. The first-order valence-corrected chi connectivity index (χ1v) is 0.561. The van der Waals surface area contributed by atoms with Gasteiger partial charge in [-0.05, 0) is 0 Å². The maximum atomic E-state index is 7.94. The summed E-state index contributed by atoms with van der Waals surface area (Å²) in [6, 6.07) is 0. The third-order valence-electron chi connectivity index (χ3n) is 0. The van der Waals surface area contributed by atoms with Crippen molar-refractivity contribution < 1.29 is 25.0 Å². The second-order valence-electron chi connectivity index (χ2n) is 0. The average molecular weight is 117 g/mol. The van der Waals surface area contributed by atoms with Gasteiger partial charge in [0.05, 0.1) is 0 Å². The van der Waals surface area contributed by atoms with Crippen LogP contribution in [0.5, 0.6) is 0 Å². The van der Waals surface area contributed by atoms with Crippen LogP contribution in [0.15, 0.2) is 0 Å². The molecule has 0 spiro atoms. The van der Waals surface area contributed by atoms with Crippen LogP contribution in [-0.4, -0.2) is 28.5 Å². The summed E-state index contributed by atoms with van der Waals surface area (Å²) in [5.41, 5.74) is 0. The monoisotopic (exact) mass is 117 g/mol. The first kappa shape index (κ1) is 19.8. The van der Waals surface area contributed by atoms with Gasteiger partial charge in [-0.1, -0.05) is 0 Å². The number of hydrogen-bond acceptors (Lipinski definition) is 2. The average Bonchev–Trinajstić information content (AvgIpc) is 1.00. The Bertz CT molecular complexity index is 6.00. The van der Waals surface area contributed by atoms with Crippen molar-refractivity contribution >= 4 is 23.1 Å². The Balaban J connectivity index is -0.00000000500. The Morgan fingerprint density at radius 3 is 1.25 bits per heavy atom. The molecule has 0 aromatic rings. The van der Waals surface area contributed by atoms with Gasteiger partial charge in [0, 0.05) is 0 Å². The fraction of sp³-hybridized carbons (Fsp3) is 0. The molecule has 1 N–H and O–H groups in total. The van der Waals surface area contributed by atoms with E-state index in [1.165, 1.54) is 0 Å². The minimum absolute atomic E-state index is 0. The van der Waals surface area contributed by atoms with Gasteiger partial charge in [-0.25, -0.2) is 0 Å². The second kappa shape index (κ2) is 34.8. The van der Waals surface area contributed by atoms with E-state index in [1.54, 1.807) is 0 Å². The van der Waals surface area contributed by atoms with Crippen molar-refractivity contribution in [2.75, 3.05) is 0 Å². The van der Waals surface area contributed by atoms with Crippen LogP contribution >= 0.6 is 0 Å². The third-order valence-corrected chi connectivity index (χ3v) is 0. The van der Waals surface area contributed by atoms with Crippen molar-refractivity contribution in [3.05, 3.63) is 0 Å². The van der Waals surface area contributed by atoms with Crippen LogP contribution in [0.3, 0.4) is 0 Å². The molecule has 0 aromatic heterocycles. The fourth-order valence-corrected chi connectivity index (χ4v) is 0. The van der Waals surface area contributed by atoms with Crippen LogP contribution in [0.25, 0.3) is 0 Å². The first-order valence-electron chi connectivity index (χ1n) is 0.136. The van der Waals surface area contributed by atoms with Gasteiger partial charge in [-0.3, -0.25) is 0 Å². The molecule has 0 saturated heterocycles. The summed E-state index contributed by atoms with van der Waals surface area (Å²) in [4.78, 5) is 0. The molecule has 0 fully saturated rings. The minimum atomic E-state index is 0. The molecule has 0 bridgehead atoms. The Morgan fingerprint density at radius 1 is 1.25 bits per heavy atom. The molecule has 0 atom stereocenters. The fourth-order valence-electron chi connectivity index (χ4n) is 0. The Kier molecular flexibility index (Phi) is 172. The van der Waals surface area contributed by atoms with Gasteiger partial charge in [0.15, 0.2) is 0 Å². The molecule has 0 heterocycles. The maximum absolute atomic E-state index is 7.94. The molecule has 4 heteroatoms. The molecule has 2 nitrogen and oxygen atoms in total. The van der Waals surface area contributed by atoms with Crippen molar-refractivity contribution in [3.63, 3.8) is 0 Å². The van der Waals surface area contributed by atoms with Crippen LogP contribution in [0, 0.1) is 0 Å². The zero-order valence-electron chi connectivity index (χ0n) is 2.19. The predicted octanol–water partition coefficient (Wildman–Crippen LogP) is -0.947. The first-order chi connectivity index (χ1) is 1.00. The summed E-state index contributed by atoms with van der Waals surface area (Å²) in [5, 5.41) is 0. The summed E-state index contributed by atoms with van der Waals surface area (Å²) >= 11 is 2.31. The molecule has 0 radical (unpaired) electrons. The number of hydrogen-bond donors (Lipinski definition) is 0. The van der Waals surface area contributed by atoms with Gasteiger partial charge in [-0.15, -0.1) is 0 Å². The van der Waals surface area contributed by atoms with Crippen LogP contribution in [0.2, 0.25) is 0 Å². The quantitative estimate of drug-likeness (QED) is 0.384. The van der Waals surface area contributed by atoms with Gasteiger partial charge in [0.1, 0.15) is 0 Å². The van der Waals surface area contributed by atoms with E-state index in [0.717, 1.165) is 0 Å². The molecule has 0 amide bonds. The topological polar surface area (TPSA) is 47.1 Å². The van der Waals surface area contributed by atoms with E-state index in [2.05, 4.69) is 15.7 Å². The predicted molar refractivity (Wildman–Crippen MR) is 9.77 cm³/mol. The van der Waals surface area contributed by atoms with Gasteiger partial charge < -0.3 is 5.48 Å². The molecule has 0 rings (SSSR count). The van der Waals surface area contributed by atoms with E-state index in [4.69, 9.17) is 3.87 Å². The van der Waals surface area contributed by atoms with E-state index < -0.39 is 0 Å². The molecular formula is H2CoMgO2. The molecule has 4 heavy (non-hydrogen) atoms. The summed E-state index contributed by atoms with van der Waals surface area (Å²) in [6.45, 7) is 0. The summed E-state index contributed by atoms with van der Waals surface area (Å²) in [6.07, 6.45) is 0. The van der Waals surface area contributed by atoms with E-state index in [0.29, 0.717) is 0 Å². The van der Waals surface area contributed by atoms with Gasteiger partial charge in [0.2, 0.25) is 0 Å². The molecule has 0 unspecified atom stereocenters. The van der Waals surface area contributed by atoms with Gasteiger partial charge in [-0.2, -0.15) is 0 Å².